The highest BCUT2D eigenvalue weighted by molar-refractivity contribution is 5.21. The van der Waals surface area contributed by atoms with Crippen molar-refractivity contribution in [3.8, 4) is 0 Å². The van der Waals surface area contributed by atoms with Crippen molar-refractivity contribution in [3.63, 3.8) is 0 Å². The van der Waals surface area contributed by atoms with Crippen LogP contribution in [0.15, 0.2) is 18.5 Å². The number of anilines is 1. The Morgan fingerprint density at radius 1 is 1.00 bits per heavy atom. The van der Waals surface area contributed by atoms with E-state index in [0.717, 1.165) is 25.1 Å². The molecule has 94 valence electrons. The minimum absolute atomic E-state index is 0.718. The van der Waals surface area contributed by atoms with Crippen molar-refractivity contribution in [2.24, 2.45) is 0 Å². The molecule has 1 saturated carbocycles. The van der Waals surface area contributed by atoms with E-state index in [1.165, 1.54) is 38.5 Å². The lowest BCUT2D eigenvalue weighted by atomic mass is 10.1. The molecule has 1 heterocycles. The van der Waals surface area contributed by atoms with Gasteiger partial charge in [-0.05, 0) is 18.9 Å². The Morgan fingerprint density at radius 2 is 1.71 bits per heavy atom. The molecule has 4 heteroatoms. The number of rotatable bonds is 5. The minimum Gasteiger partial charge on any atom is -0.353 e. The van der Waals surface area contributed by atoms with Crippen molar-refractivity contribution in [1.82, 2.24) is 15.3 Å². The predicted molar refractivity (Wildman–Crippen MR) is 70.0 cm³/mol. The summed E-state index contributed by atoms with van der Waals surface area (Å²) in [6.07, 6.45) is 11.8. The number of nitrogens with zero attached hydrogens (tertiary/aromatic N) is 2. The molecule has 17 heavy (non-hydrogen) atoms. The molecule has 1 aliphatic rings. The van der Waals surface area contributed by atoms with E-state index in [-0.39, 0.29) is 0 Å². The van der Waals surface area contributed by atoms with Gasteiger partial charge in [0.1, 0.15) is 0 Å². The van der Waals surface area contributed by atoms with Crippen LogP contribution in [0.2, 0.25) is 0 Å². The Bertz CT molecular complexity index is 294. The first kappa shape index (κ1) is 12.3. The Morgan fingerprint density at radius 3 is 2.41 bits per heavy atom. The zero-order valence-corrected chi connectivity index (χ0v) is 10.4. The van der Waals surface area contributed by atoms with Crippen LogP contribution in [0.3, 0.4) is 0 Å². The van der Waals surface area contributed by atoms with Gasteiger partial charge < -0.3 is 10.6 Å². The third-order valence-electron chi connectivity index (χ3n) is 3.26. The summed E-state index contributed by atoms with van der Waals surface area (Å²) in [5.74, 6) is 0.718. The fourth-order valence-electron chi connectivity index (χ4n) is 2.32. The highest BCUT2D eigenvalue weighted by atomic mass is 15.1. The van der Waals surface area contributed by atoms with Gasteiger partial charge in [-0.25, -0.2) is 9.97 Å². The predicted octanol–water partition coefficient (Wildman–Crippen LogP) is 2.20. The fourth-order valence-corrected chi connectivity index (χ4v) is 2.32. The van der Waals surface area contributed by atoms with Crippen molar-refractivity contribution < 1.29 is 0 Å². The van der Waals surface area contributed by atoms with E-state index < -0.39 is 0 Å². The molecule has 1 aromatic rings. The summed E-state index contributed by atoms with van der Waals surface area (Å²) in [5, 5.41) is 6.83. The van der Waals surface area contributed by atoms with Crippen LogP contribution in [0.5, 0.6) is 0 Å². The van der Waals surface area contributed by atoms with E-state index in [4.69, 9.17) is 0 Å². The molecule has 2 rings (SSSR count). The first-order valence-electron chi connectivity index (χ1n) is 6.69. The summed E-state index contributed by atoms with van der Waals surface area (Å²) >= 11 is 0. The molecule has 0 saturated heterocycles. The molecular weight excluding hydrogens is 212 g/mol. The third-order valence-corrected chi connectivity index (χ3v) is 3.26. The molecule has 0 bridgehead atoms. The second-order valence-corrected chi connectivity index (χ2v) is 4.64. The topological polar surface area (TPSA) is 49.8 Å². The van der Waals surface area contributed by atoms with Gasteiger partial charge in [0.2, 0.25) is 5.95 Å². The standard InChI is InChI=1S/C13H22N4/c1-2-4-7-12(6-3-1)14-10-11-17-13-15-8-5-9-16-13/h5,8-9,12,14H,1-4,6-7,10-11H2,(H,15,16,17). The van der Waals surface area contributed by atoms with Crippen molar-refractivity contribution in [2.75, 3.05) is 18.4 Å². The molecule has 0 aliphatic heterocycles. The van der Waals surface area contributed by atoms with E-state index in [1.807, 2.05) is 6.07 Å². The van der Waals surface area contributed by atoms with Gasteiger partial charge in [-0.15, -0.1) is 0 Å². The molecule has 1 fully saturated rings. The van der Waals surface area contributed by atoms with Gasteiger partial charge in [0, 0.05) is 31.5 Å². The summed E-state index contributed by atoms with van der Waals surface area (Å²) in [6.45, 7) is 1.88. The van der Waals surface area contributed by atoms with E-state index >= 15 is 0 Å². The smallest absolute Gasteiger partial charge is 0.222 e. The lowest BCUT2D eigenvalue weighted by Crippen LogP contribution is -2.32. The summed E-state index contributed by atoms with van der Waals surface area (Å²) in [6, 6.07) is 2.55. The zero-order chi connectivity index (χ0) is 11.8. The second kappa shape index (κ2) is 7.22. The number of hydrogen-bond acceptors (Lipinski definition) is 4. The van der Waals surface area contributed by atoms with E-state index in [9.17, 15) is 0 Å². The van der Waals surface area contributed by atoms with Crippen molar-refractivity contribution in [1.29, 1.82) is 0 Å². The highest BCUT2D eigenvalue weighted by Gasteiger charge is 2.10. The second-order valence-electron chi connectivity index (χ2n) is 4.64. The molecule has 1 aromatic heterocycles. The summed E-state index contributed by atoms with van der Waals surface area (Å²) in [5.41, 5.74) is 0. The van der Waals surface area contributed by atoms with Crippen LogP contribution in [-0.4, -0.2) is 29.1 Å². The van der Waals surface area contributed by atoms with Gasteiger partial charge in [-0.2, -0.15) is 0 Å². The van der Waals surface area contributed by atoms with Gasteiger partial charge >= 0.3 is 0 Å². The van der Waals surface area contributed by atoms with Crippen LogP contribution in [0, 0.1) is 0 Å². The van der Waals surface area contributed by atoms with Crippen molar-refractivity contribution in [2.45, 2.75) is 44.6 Å². The van der Waals surface area contributed by atoms with Crippen LogP contribution >= 0.6 is 0 Å². The number of hydrogen-bond donors (Lipinski definition) is 2. The maximum atomic E-state index is 4.13. The molecule has 4 nitrogen and oxygen atoms in total. The zero-order valence-electron chi connectivity index (χ0n) is 10.4. The monoisotopic (exact) mass is 234 g/mol. The SMILES string of the molecule is c1cnc(NCCNC2CCCCCC2)nc1. The lowest BCUT2D eigenvalue weighted by molar-refractivity contribution is 0.468. The van der Waals surface area contributed by atoms with E-state index in [0.29, 0.717) is 0 Å². The molecule has 0 spiro atoms. The molecular formula is C13H22N4. The average Bonchev–Trinajstić information content (AvgIpc) is 2.65. The Hall–Kier alpha value is -1.16. The molecule has 2 N–H and O–H groups in total. The van der Waals surface area contributed by atoms with Gasteiger partial charge in [-0.1, -0.05) is 25.7 Å². The van der Waals surface area contributed by atoms with E-state index in [1.54, 1.807) is 12.4 Å². The molecule has 0 aromatic carbocycles. The first-order chi connectivity index (χ1) is 8.45. The highest BCUT2D eigenvalue weighted by Crippen LogP contribution is 2.16. The maximum absolute atomic E-state index is 4.13. The Balaban J connectivity index is 1.59. The average molecular weight is 234 g/mol. The molecule has 0 amide bonds. The van der Waals surface area contributed by atoms with Gasteiger partial charge in [0.15, 0.2) is 0 Å². The first-order valence-corrected chi connectivity index (χ1v) is 6.69. The van der Waals surface area contributed by atoms with Gasteiger partial charge in [0.25, 0.3) is 0 Å². The fraction of sp³-hybridized carbons (Fsp3) is 0.692. The number of nitrogens with one attached hydrogen (secondary N) is 2. The van der Waals surface area contributed by atoms with E-state index in [2.05, 4.69) is 20.6 Å². The van der Waals surface area contributed by atoms with Gasteiger partial charge in [-0.3, -0.25) is 0 Å². The third kappa shape index (κ3) is 4.69. The normalized spacial score (nSPS) is 17.6. The molecule has 0 unspecified atom stereocenters. The maximum Gasteiger partial charge on any atom is 0.222 e. The Labute approximate surface area is 103 Å². The lowest BCUT2D eigenvalue weighted by Gasteiger charge is -2.16. The van der Waals surface area contributed by atoms with Crippen molar-refractivity contribution in [3.05, 3.63) is 18.5 Å². The molecule has 0 radical (unpaired) electrons. The van der Waals surface area contributed by atoms with Crippen LogP contribution in [0.25, 0.3) is 0 Å². The van der Waals surface area contributed by atoms with Crippen LogP contribution < -0.4 is 10.6 Å². The summed E-state index contributed by atoms with van der Waals surface area (Å²) in [7, 11) is 0. The van der Waals surface area contributed by atoms with Crippen LogP contribution in [0.1, 0.15) is 38.5 Å². The quantitative estimate of drug-likeness (QED) is 0.606. The largest absolute Gasteiger partial charge is 0.353 e. The minimum atomic E-state index is 0.718. The summed E-state index contributed by atoms with van der Waals surface area (Å²) in [4.78, 5) is 8.26. The Kier molecular flexibility index (Phi) is 5.23. The summed E-state index contributed by atoms with van der Waals surface area (Å²) < 4.78 is 0. The number of aromatic nitrogens is 2. The van der Waals surface area contributed by atoms with Crippen molar-refractivity contribution >= 4 is 5.95 Å². The van der Waals surface area contributed by atoms with Crippen LogP contribution in [-0.2, 0) is 0 Å². The van der Waals surface area contributed by atoms with Crippen LogP contribution in [0.4, 0.5) is 5.95 Å². The molecule has 1 aliphatic carbocycles. The molecule has 0 atom stereocenters. The van der Waals surface area contributed by atoms with Gasteiger partial charge in [0.05, 0.1) is 0 Å².